The molecule has 0 saturated carbocycles. The van der Waals surface area contributed by atoms with Gasteiger partial charge in [-0.1, -0.05) is 42.5 Å². The number of aromatic hydroxyl groups is 1. The van der Waals surface area contributed by atoms with Crippen LogP contribution in [0.5, 0.6) is 5.75 Å². The highest BCUT2D eigenvalue weighted by Gasteiger charge is 2.33. The molecule has 0 unspecified atom stereocenters. The van der Waals surface area contributed by atoms with Crippen LogP contribution in [0.3, 0.4) is 0 Å². The normalized spacial score (nSPS) is 14.4. The van der Waals surface area contributed by atoms with Crippen LogP contribution in [0.2, 0.25) is 0 Å². The van der Waals surface area contributed by atoms with Gasteiger partial charge in [0.05, 0.1) is 19.3 Å². The molecule has 58 heavy (non-hydrogen) atoms. The fraction of sp³-hybridized carbons (Fsp3) is 0.472. The van der Waals surface area contributed by atoms with Gasteiger partial charge in [0, 0.05) is 12.8 Å². The number of hydrogen-bond donors (Lipinski definition) is 12. The second-order valence-corrected chi connectivity index (χ2v) is 13.2. The van der Waals surface area contributed by atoms with Crippen LogP contribution in [-0.2, 0) is 46.4 Å². The van der Waals surface area contributed by atoms with E-state index in [0.29, 0.717) is 30.5 Å². The van der Waals surface area contributed by atoms with E-state index in [1.165, 1.54) is 38.1 Å². The van der Waals surface area contributed by atoms with E-state index >= 15 is 0 Å². The zero-order valence-electron chi connectivity index (χ0n) is 31.9. The van der Waals surface area contributed by atoms with Crippen molar-refractivity contribution in [2.24, 2.45) is 5.73 Å². The molecule has 22 nitrogen and oxygen atoms in total. The minimum absolute atomic E-state index is 0.0784. The van der Waals surface area contributed by atoms with Crippen LogP contribution < -0.4 is 43.1 Å². The molecule has 0 radical (unpaired) electrons. The van der Waals surface area contributed by atoms with E-state index in [9.17, 15) is 64.1 Å². The van der Waals surface area contributed by atoms with E-state index in [2.05, 4.69) is 31.9 Å². The van der Waals surface area contributed by atoms with Crippen molar-refractivity contribution in [2.45, 2.75) is 88.3 Å². The third kappa shape index (κ3) is 16.8. The Balaban J connectivity index is 2.02. The summed E-state index contributed by atoms with van der Waals surface area (Å²) < 4.78 is 0. The van der Waals surface area contributed by atoms with E-state index < -0.39 is 102 Å². The van der Waals surface area contributed by atoms with E-state index in [-0.39, 0.29) is 25.0 Å². The maximum atomic E-state index is 13.4. The first kappa shape index (κ1) is 47.8. The molecule has 0 fully saturated rings. The van der Waals surface area contributed by atoms with Crippen molar-refractivity contribution in [3.63, 3.8) is 0 Å². The van der Waals surface area contributed by atoms with Gasteiger partial charge in [-0.2, -0.15) is 0 Å². The summed E-state index contributed by atoms with van der Waals surface area (Å²) >= 11 is 0. The average molecular weight is 818 g/mol. The number of aliphatic hydroxyl groups is 2. The Labute approximate surface area is 332 Å². The largest absolute Gasteiger partial charge is 0.508 e. The van der Waals surface area contributed by atoms with Crippen molar-refractivity contribution in [1.82, 2.24) is 37.3 Å². The van der Waals surface area contributed by atoms with Gasteiger partial charge in [-0.15, -0.1) is 5.43 Å². The number of benzene rings is 2. The summed E-state index contributed by atoms with van der Waals surface area (Å²) in [4.78, 5) is 101. The smallest absolute Gasteiger partial charge is 0.326 e. The van der Waals surface area contributed by atoms with Crippen molar-refractivity contribution in [1.29, 1.82) is 0 Å². The van der Waals surface area contributed by atoms with E-state index in [1.54, 1.807) is 30.3 Å². The van der Waals surface area contributed by atoms with Crippen molar-refractivity contribution < 1.29 is 59.0 Å². The lowest BCUT2D eigenvalue weighted by Gasteiger charge is -2.26. The molecular formula is C36H51N9O13. The first-order chi connectivity index (χ1) is 27.4. The van der Waals surface area contributed by atoms with E-state index in [1.807, 2.05) is 5.43 Å². The minimum atomic E-state index is -1.66. The Hall–Kier alpha value is -6.39. The highest BCUT2D eigenvalue weighted by atomic mass is 16.7. The van der Waals surface area contributed by atoms with Crippen LogP contribution >= 0.6 is 0 Å². The molecule has 0 saturated heterocycles. The summed E-state index contributed by atoms with van der Waals surface area (Å²) in [5.74, 6) is -7.20. The number of phenolic OH excluding ortho intramolecular Hbond substituents is 1. The number of hydrogen-bond acceptors (Lipinski definition) is 13. The summed E-state index contributed by atoms with van der Waals surface area (Å²) in [5.41, 5.74) is 8.33. The number of nitrogens with two attached hydrogens (primary N) is 1. The standard InChI is InChI=1S/C36H51N9O13/c1-20(39-34(53)28(19-46)42-33(52)27(44-45(57)58)17-23-11-13-24(48)14-12-23)31(50)38-18-29(49)43-30(21(2)47)35(54)41-26(16-22-8-4-3-5-9-22)32(51)40-25(36(55)56)10-6-7-15-37/h3-5,8-9,11-14,20-21,25-28,30,44,46-48H,6-7,10,15-19,37H2,1-2H3,(H,38,50)(H,39,53)(H,40,51)(H,41,54)(H,42,52)(H,43,49)(H,55,56)/t20-,21+,25-,26-,27-,28-,30-/m0/s1. The molecule has 0 aliphatic rings. The van der Waals surface area contributed by atoms with E-state index in [0.717, 1.165) is 0 Å². The molecule has 7 atom stereocenters. The number of nitro groups is 1. The molecule has 0 aromatic heterocycles. The number of carboxylic acids is 1. The van der Waals surface area contributed by atoms with Crippen molar-refractivity contribution in [2.75, 3.05) is 19.7 Å². The molecule has 0 aliphatic heterocycles. The van der Waals surface area contributed by atoms with Gasteiger partial charge in [0.15, 0.2) is 11.1 Å². The molecule has 0 bridgehead atoms. The van der Waals surface area contributed by atoms with Crippen molar-refractivity contribution >= 4 is 41.4 Å². The van der Waals surface area contributed by atoms with Crippen molar-refractivity contribution in [3.8, 4) is 5.75 Å². The number of aliphatic hydroxyl groups excluding tert-OH is 2. The van der Waals surface area contributed by atoms with Crippen LogP contribution in [-0.4, -0.2) is 129 Å². The van der Waals surface area contributed by atoms with Crippen LogP contribution in [0.1, 0.15) is 44.2 Å². The fourth-order valence-corrected chi connectivity index (χ4v) is 5.33. The molecule has 0 heterocycles. The molecule has 13 N–H and O–H groups in total. The number of carbonyl (C=O) groups excluding carboxylic acids is 6. The summed E-state index contributed by atoms with van der Waals surface area (Å²) in [7, 11) is 0. The summed E-state index contributed by atoms with van der Waals surface area (Å²) in [6.07, 6.45) is -0.818. The maximum absolute atomic E-state index is 13.4. The monoisotopic (exact) mass is 817 g/mol. The Morgan fingerprint density at radius 2 is 1.28 bits per heavy atom. The number of nitrogens with zero attached hydrogens (tertiary/aromatic N) is 1. The average Bonchev–Trinajstić information content (AvgIpc) is 3.17. The zero-order valence-corrected chi connectivity index (χ0v) is 31.9. The van der Waals surface area contributed by atoms with Gasteiger partial charge in [-0.05, 0) is 62.9 Å². The topological polar surface area (TPSA) is 354 Å². The van der Waals surface area contributed by atoms with Gasteiger partial charge in [0.1, 0.15) is 36.0 Å². The summed E-state index contributed by atoms with van der Waals surface area (Å²) in [6.45, 7) is 0.985. The van der Waals surface area contributed by atoms with Gasteiger partial charge in [0.25, 0.3) is 0 Å². The number of aliphatic carboxylic acids is 1. The Kier molecular flexibility index (Phi) is 20.0. The maximum Gasteiger partial charge on any atom is 0.326 e. The van der Waals surface area contributed by atoms with Crippen LogP contribution in [0.15, 0.2) is 54.6 Å². The molecule has 2 aromatic rings. The molecule has 0 spiro atoms. The highest BCUT2D eigenvalue weighted by molar-refractivity contribution is 5.96. The second kappa shape index (κ2) is 24.3. The fourth-order valence-electron chi connectivity index (χ4n) is 5.33. The van der Waals surface area contributed by atoms with E-state index in [4.69, 9.17) is 5.73 Å². The number of hydrazine groups is 1. The molecule has 0 aliphatic carbocycles. The second-order valence-electron chi connectivity index (χ2n) is 13.2. The molecule has 2 rings (SSSR count). The van der Waals surface area contributed by atoms with Gasteiger partial charge in [-0.25, -0.2) is 14.9 Å². The Morgan fingerprint density at radius 1 is 0.724 bits per heavy atom. The summed E-state index contributed by atoms with van der Waals surface area (Å²) in [6, 6.07) is 5.11. The number of unbranched alkanes of at least 4 members (excludes halogenated alkanes) is 1. The molecule has 318 valence electrons. The first-order valence-corrected chi connectivity index (χ1v) is 18.2. The van der Waals surface area contributed by atoms with Gasteiger partial charge >= 0.3 is 5.97 Å². The molecule has 2 aromatic carbocycles. The number of carbonyl (C=O) groups is 7. The minimum Gasteiger partial charge on any atom is -0.508 e. The lowest BCUT2D eigenvalue weighted by atomic mass is 10.0. The predicted octanol–water partition coefficient (Wildman–Crippen LogP) is -3.53. The van der Waals surface area contributed by atoms with Crippen LogP contribution in [0.4, 0.5) is 0 Å². The van der Waals surface area contributed by atoms with Crippen LogP contribution in [0, 0.1) is 10.1 Å². The van der Waals surface area contributed by atoms with Gasteiger partial charge in [0.2, 0.25) is 35.4 Å². The van der Waals surface area contributed by atoms with Crippen molar-refractivity contribution in [3.05, 3.63) is 75.8 Å². The Morgan fingerprint density at radius 3 is 1.84 bits per heavy atom. The number of rotatable bonds is 25. The number of phenols is 1. The highest BCUT2D eigenvalue weighted by Crippen LogP contribution is 2.12. The SMILES string of the molecule is C[C@H](NC(=O)[C@H](CO)NC(=O)[C@H](Cc1ccc(O)cc1)N[N+](=O)[O-])C(=O)NCC(=O)N[C@H](C(=O)N[C@@H](Cc1ccccc1)C(=O)N[C@@H](CCCCN)C(=O)O)[C@@H](C)O. The summed E-state index contributed by atoms with van der Waals surface area (Å²) in [5, 5.41) is 63.2. The lowest BCUT2D eigenvalue weighted by Crippen LogP contribution is -2.60. The molecule has 22 heteroatoms. The molecule has 6 amide bonds. The number of amides is 6. The van der Waals surface area contributed by atoms with Gasteiger partial charge in [-0.3, -0.25) is 28.8 Å². The van der Waals surface area contributed by atoms with Gasteiger partial charge < -0.3 is 58.1 Å². The lowest BCUT2D eigenvalue weighted by molar-refractivity contribution is -0.548. The number of carboxylic acid groups (broad SMARTS) is 1. The molecular weight excluding hydrogens is 766 g/mol. The quantitative estimate of drug-likeness (QED) is 0.0263. The predicted molar refractivity (Wildman–Crippen MR) is 204 cm³/mol. The third-order valence-corrected chi connectivity index (χ3v) is 8.50. The van der Waals surface area contributed by atoms with Crippen LogP contribution in [0.25, 0.3) is 0 Å². The third-order valence-electron chi connectivity index (χ3n) is 8.50. The number of nitrogens with one attached hydrogen (secondary N) is 7. The Bertz CT molecular complexity index is 1710. The zero-order chi connectivity index (χ0) is 43.4. The first-order valence-electron chi connectivity index (χ1n) is 18.2.